The maximum Gasteiger partial charge on any atom is 0.240 e. The van der Waals surface area contributed by atoms with Crippen LogP contribution in [0.25, 0.3) is 10.8 Å². The van der Waals surface area contributed by atoms with Crippen LogP contribution < -0.4 is 10.0 Å². The van der Waals surface area contributed by atoms with E-state index < -0.39 is 10.0 Å². The number of hydrogen-bond acceptors (Lipinski definition) is 3. The van der Waals surface area contributed by atoms with Gasteiger partial charge in [-0.25, -0.2) is 13.1 Å². The van der Waals surface area contributed by atoms with Crippen LogP contribution in [0.5, 0.6) is 0 Å². The Hall–Kier alpha value is -1.14. The number of sulfonamides is 1. The summed E-state index contributed by atoms with van der Waals surface area (Å²) < 4.78 is 27.9. The second kappa shape index (κ2) is 7.18. The first-order valence-electron chi connectivity index (χ1n) is 7.68. The highest BCUT2D eigenvalue weighted by Crippen LogP contribution is 2.27. The summed E-state index contributed by atoms with van der Waals surface area (Å²) in [5.41, 5.74) is 0.0369. The zero-order valence-electron chi connectivity index (χ0n) is 13.2. The molecule has 6 heteroatoms. The topological polar surface area (TPSA) is 58.2 Å². The van der Waals surface area contributed by atoms with Gasteiger partial charge in [-0.15, -0.1) is 12.4 Å². The third-order valence-electron chi connectivity index (χ3n) is 4.53. The highest BCUT2D eigenvalue weighted by Gasteiger charge is 2.28. The molecule has 4 nitrogen and oxygen atoms in total. The average Bonchev–Trinajstić information content (AvgIpc) is 2.53. The molecule has 1 heterocycles. The Morgan fingerprint density at radius 2 is 1.74 bits per heavy atom. The number of rotatable bonds is 4. The van der Waals surface area contributed by atoms with Crippen LogP contribution in [-0.4, -0.2) is 28.1 Å². The third-order valence-corrected chi connectivity index (χ3v) is 5.93. The van der Waals surface area contributed by atoms with Crippen LogP contribution in [0.2, 0.25) is 0 Å². The van der Waals surface area contributed by atoms with Crippen molar-refractivity contribution in [1.29, 1.82) is 0 Å². The van der Waals surface area contributed by atoms with Crippen LogP contribution in [-0.2, 0) is 10.0 Å². The van der Waals surface area contributed by atoms with Crippen molar-refractivity contribution < 1.29 is 8.42 Å². The van der Waals surface area contributed by atoms with E-state index in [2.05, 4.69) is 17.0 Å². The normalized spacial score (nSPS) is 17.6. The standard InChI is InChI=1S/C17H22N2O2S.ClH/c1-17(8-10-18-11-9-17)13-19-22(20,21)16-7-6-14-4-2-3-5-15(14)12-16;/h2-7,12,18-19H,8-11,13H2,1H3;1H. The third kappa shape index (κ3) is 4.23. The lowest BCUT2D eigenvalue weighted by Gasteiger charge is -2.34. The predicted octanol–water partition coefficient (Wildman–Crippen LogP) is 2.93. The largest absolute Gasteiger partial charge is 0.317 e. The zero-order chi connectivity index (χ0) is 15.6. The summed E-state index contributed by atoms with van der Waals surface area (Å²) in [6.45, 7) is 4.54. The predicted molar refractivity (Wildman–Crippen MR) is 96.6 cm³/mol. The van der Waals surface area contributed by atoms with Gasteiger partial charge in [-0.05, 0) is 54.3 Å². The smallest absolute Gasteiger partial charge is 0.240 e. The molecule has 0 aromatic heterocycles. The van der Waals surface area contributed by atoms with E-state index in [0.29, 0.717) is 11.4 Å². The van der Waals surface area contributed by atoms with Crippen molar-refractivity contribution in [3.63, 3.8) is 0 Å². The molecule has 0 radical (unpaired) electrons. The molecule has 1 fully saturated rings. The van der Waals surface area contributed by atoms with Crippen LogP contribution in [0.15, 0.2) is 47.4 Å². The first-order valence-corrected chi connectivity index (χ1v) is 9.16. The molecule has 0 aliphatic carbocycles. The van der Waals surface area contributed by atoms with Gasteiger partial charge < -0.3 is 5.32 Å². The van der Waals surface area contributed by atoms with E-state index in [4.69, 9.17) is 0 Å². The molecule has 0 unspecified atom stereocenters. The molecule has 1 aliphatic heterocycles. The van der Waals surface area contributed by atoms with Gasteiger partial charge in [0.1, 0.15) is 0 Å². The Balaban J connectivity index is 0.00000192. The molecule has 2 aromatic carbocycles. The van der Waals surface area contributed by atoms with E-state index in [1.807, 2.05) is 30.3 Å². The highest BCUT2D eigenvalue weighted by molar-refractivity contribution is 7.89. The lowest BCUT2D eigenvalue weighted by atomic mass is 9.81. The molecule has 0 amide bonds. The van der Waals surface area contributed by atoms with Crippen LogP contribution >= 0.6 is 12.4 Å². The number of fused-ring (bicyclic) bond motifs is 1. The number of piperidine rings is 1. The van der Waals surface area contributed by atoms with Gasteiger partial charge in [-0.2, -0.15) is 0 Å². The van der Waals surface area contributed by atoms with Crippen molar-refractivity contribution in [2.75, 3.05) is 19.6 Å². The Kier molecular flexibility index (Phi) is 5.68. The van der Waals surface area contributed by atoms with E-state index in [9.17, 15) is 8.42 Å². The van der Waals surface area contributed by atoms with Gasteiger partial charge in [-0.3, -0.25) is 0 Å². The Morgan fingerprint density at radius 3 is 2.43 bits per heavy atom. The molecule has 2 N–H and O–H groups in total. The van der Waals surface area contributed by atoms with Crippen molar-refractivity contribution in [2.24, 2.45) is 5.41 Å². The maximum atomic E-state index is 12.5. The van der Waals surface area contributed by atoms with Crippen molar-refractivity contribution in [3.8, 4) is 0 Å². The van der Waals surface area contributed by atoms with Crippen LogP contribution in [0.3, 0.4) is 0 Å². The van der Waals surface area contributed by atoms with Gasteiger partial charge in [0, 0.05) is 6.54 Å². The SMILES string of the molecule is CC1(CNS(=O)(=O)c2ccc3ccccc3c2)CCNCC1.Cl. The summed E-state index contributed by atoms with van der Waals surface area (Å²) in [6.07, 6.45) is 1.99. The fraction of sp³-hybridized carbons (Fsp3) is 0.412. The monoisotopic (exact) mass is 354 g/mol. The van der Waals surface area contributed by atoms with E-state index in [1.54, 1.807) is 12.1 Å². The van der Waals surface area contributed by atoms with Gasteiger partial charge in [-0.1, -0.05) is 37.3 Å². The van der Waals surface area contributed by atoms with Gasteiger partial charge in [0.15, 0.2) is 0 Å². The average molecular weight is 355 g/mol. The van der Waals surface area contributed by atoms with Crippen LogP contribution in [0, 0.1) is 5.41 Å². The molecular formula is C17H23ClN2O2S. The molecule has 3 rings (SSSR count). The summed E-state index contributed by atoms with van der Waals surface area (Å²) >= 11 is 0. The van der Waals surface area contributed by atoms with Gasteiger partial charge >= 0.3 is 0 Å². The molecule has 0 atom stereocenters. The van der Waals surface area contributed by atoms with Gasteiger partial charge in [0.05, 0.1) is 4.90 Å². The summed E-state index contributed by atoms with van der Waals surface area (Å²) in [5, 5.41) is 5.30. The van der Waals surface area contributed by atoms with Gasteiger partial charge in [0.2, 0.25) is 10.0 Å². The minimum Gasteiger partial charge on any atom is -0.317 e. The Labute approximate surface area is 144 Å². The summed E-state index contributed by atoms with van der Waals surface area (Å²) in [5.74, 6) is 0. The number of halogens is 1. The Morgan fingerprint density at radius 1 is 1.09 bits per heavy atom. The van der Waals surface area contributed by atoms with Crippen LogP contribution in [0.4, 0.5) is 0 Å². The molecule has 1 saturated heterocycles. The fourth-order valence-corrected chi connectivity index (χ4v) is 4.13. The first-order chi connectivity index (χ1) is 10.5. The minimum atomic E-state index is -3.46. The molecule has 0 saturated carbocycles. The minimum absolute atomic E-state index is 0. The number of hydrogen-bond donors (Lipinski definition) is 2. The molecule has 1 aliphatic rings. The summed E-state index contributed by atoms with van der Waals surface area (Å²) in [7, 11) is -3.46. The van der Waals surface area contributed by atoms with Crippen molar-refractivity contribution in [3.05, 3.63) is 42.5 Å². The van der Waals surface area contributed by atoms with Crippen molar-refractivity contribution in [2.45, 2.75) is 24.7 Å². The zero-order valence-corrected chi connectivity index (χ0v) is 14.8. The quantitative estimate of drug-likeness (QED) is 0.887. The molecule has 0 spiro atoms. The Bertz CT molecular complexity index is 771. The molecular weight excluding hydrogens is 332 g/mol. The lowest BCUT2D eigenvalue weighted by Crippen LogP contribution is -2.42. The van der Waals surface area contributed by atoms with E-state index in [-0.39, 0.29) is 17.8 Å². The molecule has 2 aromatic rings. The van der Waals surface area contributed by atoms with Crippen molar-refractivity contribution >= 4 is 33.2 Å². The van der Waals surface area contributed by atoms with Crippen molar-refractivity contribution in [1.82, 2.24) is 10.0 Å². The summed E-state index contributed by atoms with van der Waals surface area (Å²) in [4.78, 5) is 0.337. The highest BCUT2D eigenvalue weighted by atomic mass is 35.5. The molecule has 23 heavy (non-hydrogen) atoms. The fourth-order valence-electron chi connectivity index (χ4n) is 2.89. The second-order valence-electron chi connectivity index (χ2n) is 6.39. The first kappa shape index (κ1) is 18.2. The van der Waals surface area contributed by atoms with E-state index in [0.717, 1.165) is 36.7 Å². The van der Waals surface area contributed by atoms with E-state index in [1.165, 1.54) is 0 Å². The lowest BCUT2D eigenvalue weighted by molar-refractivity contribution is 0.232. The van der Waals surface area contributed by atoms with Crippen LogP contribution in [0.1, 0.15) is 19.8 Å². The van der Waals surface area contributed by atoms with E-state index >= 15 is 0 Å². The number of benzene rings is 2. The maximum absolute atomic E-state index is 12.5. The molecule has 0 bridgehead atoms. The number of nitrogens with one attached hydrogen (secondary N) is 2. The van der Waals surface area contributed by atoms with Gasteiger partial charge in [0.25, 0.3) is 0 Å². The second-order valence-corrected chi connectivity index (χ2v) is 8.16. The summed E-state index contributed by atoms with van der Waals surface area (Å²) in [6, 6.07) is 13.1. The molecule has 126 valence electrons.